The Hall–Kier alpha value is -2.05. The molecule has 1 aromatic carbocycles. The summed E-state index contributed by atoms with van der Waals surface area (Å²) >= 11 is 0. The summed E-state index contributed by atoms with van der Waals surface area (Å²) in [5.41, 5.74) is 2.35. The van der Waals surface area contributed by atoms with Crippen LogP contribution in [0.2, 0.25) is 0 Å². The molecule has 6 nitrogen and oxygen atoms in total. The Morgan fingerprint density at radius 1 is 1.28 bits per heavy atom. The van der Waals surface area contributed by atoms with E-state index < -0.39 is 0 Å². The Balaban J connectivity index is 1.62. The number of carbonyl (C=O) groups is 1. The van der Waals surface area contributed by atoms with Crippen LogP contribution in [0.3, 0.4) is 0 Å². The van der Waals surface area contributed by atoms with Gasteiger partial charge in [0.1, 0.15) is 5.75 Å². The number of aromatic nitrogens is 1. The number of benzene rings is 1. The first kappa shape index (κ1) is 17.8. The minimum Gasteiger partial charge on any atom is -0.494 e. The molecule has 0 spiro atoms. The van der Waals surface area contributed by atoms with Crippen molar-refractivity contribution in [3.63, 3.8) is 0 Å². The number of piperazine rings is 1. The largest absolute Gasteiger partial charge is 0.494 e. The highest BCUT2D eigenvalue weighted by Crippen LogP contribution is 2.27. The van der Waals surface area contributed by atoms with Gasteiger partial charge < -0.3 is 24.7 Å². The highest BCUT2D eigenvalue weighted by atomic mass is 16.5. The molecular weight excluding hydrogens is 318 g/mol. The molecule has 25 heavy (non-hydrogen) atoms. The van der Waals surface area contributed by atoms with Gasteiger partial charge in [0, 0.05) is 49.3 Å². The van der Waals surface area contributed by atoms with Crippen molar-refractivity contribution < 1.29 is 14.3 Å². The maximum Gasteiger partial charge on any atom is 0.340 e. The highest BCUT2D eigenvalue weighted by Gasteiger charge is 2.17. The van der Waals surface area contributed by atoms with Crippen molar-refractivity contribution >= 4 is 16.9 Å². The number of ether oxygens (including phenoxy) is 2. The summed E-state index contributed by atoms with van der Waals surface area (Å²) in [6, 6.07) is 5.82. The molecule has 3 rings (SSSR count). The number of aromatic amines is 1. The number of hydrogen-bond donors (Lipinski definition) is 2. The first-order chi connectivity index (χ1) is 12.2. The summed E-state index contributed by atoms with van der Waals surface area (Å²) in [4.78, 5) is 17.9. The van der Waals surface area contributed by atoms with Gasteiger partial charge in [0.2, 0.25) is 0 Å². The van der Waals surface area contributed by atoms with Gasteiger partial charge in [-0.05, 0) is 38.5 Å². The van der Waals surface area contributed by atoms with Crippen molar-refractivity contribution in [2.45, 2.75) is 20.3 Å². The fourth-order valence-corrected chi connectivity index (χ4v) is 3.27. The Morgan fingerprint density at radius 3 is 2.84 bits per heavy atom. The third-order valence-electron chi connectivity index (χ3n) is 4.53. The molecule has 1 saturated heterocycles. The summed E-state index contributed by atoms with van der Waals surface area (Å²) in [5, 5.41) is 4.22. The molecule has 136 valence electrons. The van der Waals surface area contributed by atoms with Crippen molar-refractivity contribution in [2.24, 2.45) is 0 Å². The van der Waals surface area contributed by atoms with Crippen LogP contribution in [-0.4, -0.2) is 61.8 Å². The number of aryl methyl sites for hydroxylation is 1. The van der Waals surface area contributed by atoms with E-state index in [2.05, 4.69) is 15.2 Å². The summed E-state index contributed by atoms with van der Waals surface area (Å²) in [5.74, 6) is 0.500. The number of nitrogens with zero attached hydrogens (tertiary/aromatic N) is 1. The monoisotopic (exact) mass is 345 g/mol. The predicted octanol–water partition coefficient (Wildman–Crippen LogP) is 2.33. The maximum absolute atomic E-state index is 12.2. The molecule has 0 radical (unpaired) electrons. The lowest BCUT2D eigenvalue weighted by Gasteiger charge is -2.26. The summed E-state index contributed by atoms with van der Waals surface area (Å²) in [7, 11) is 0. The highest BCUT2D eigenvalue weighted by molar-refractivity contribution is 6.05. The van der Waals surface area contributed by atoms with E-state index in [1.165, 1.54) is 0 Å². The van der Waals surface area contributed by atoms with Gasteiger partial charge in [0.15, 0.2) is 0 Å². The smallest absolute Gasteiger partial charge is 0.340 e. The molecule has 0 unspecified atom stereocenters. The van der Waals surface area contributed by atoms with Crippen LogP contribution in [0.1, 0.15) is 29.4 Å². The zero-order chi connectivity index (χ0) is 17.6. The Kier molecular flexibility index (Phi) is 5.94. The van der Waals surface area contributed by atoms with Crippen LogP contribution in [0, 0.1) is 6.92 Å². The third-order valence-corrected chi connectivity index (χ3v) is 4.53. The quantitative estimate of drug-likeness (QED) is 0.595. The molecule has 0 bridgehead atoms. The number of rotatable bonds is 7. The average molecular weight is 345 g/mol. The lowest BCUT2D eigenvalue weighted by atomic mass is 10.1. The minimum atomic E-state index is -0.290. The SMILES string of the molecule is CCOC(=O)c1c(C)[nH]c2ccc(OCCCN3CCNCC3)cc12. The van der Waals surface area contributed by atoms with Gasteiger partial charge >= 0.3 is 5.97 Å². The molecule has 0 aliphatic carbocycles. The molecule has 1 fully saturated rings. The van der Waals surface area contributed by atoms with E-state index in [0.29, 0.717) is 18.8 Å². The molecule has 2 aromatic rings. The van der Waals surface area contributed by atoms with E-state index in [4.69, 9.17) is 9.47 Å². The zero-order valence-electron chi connectivity index (χ0n) is 15.1. The van der Waals surface area contributed by atoms with Crippen molar-refractivity contribution in [1.29, 1.82) is 0 Å². The maximum atomic E-state index is 12.2. The number of fused-ring (bicyclic) bond motifs is 1. The van der Waals surface area contributed by atoms with Crippen LogP contribution < -0.4 is 10.1 Å². The molecule has 2 N–H and O–H groups in total. The molecule has 1 aliphatic heterocycles. The molecule has 0 amide bonds. The average Bonchev–Trinajstić information content (AvgIpc) is 2.95. The summed E-state index contributed by atoms with van der Waals surface area (Å²) in [6.07, 6.45) is 0.995. The molecule has 0 atom stereocenters. The lowest BCUT2D eigenvalue weighted by molar-refractivity contribution is 0.0528. The molecule has 1 aliphatic rings. The molecular formula is C19H27N3O3. The molecule has 6 heteroatoms. The number of hydrogen-bond acceptors (Lipinski definition) is 5. The van der Waals surface area contributed by atoms with E-state index in [-0.39, 0.29) is 5.97 Å². The zero-order valence-corrected chi connectivity index (χ0v) is 15.1. The molecule has 1 aromatic heterocycles. The Labute approximate surface area is 148 Å². The topological polar surface area (TPSA) is 66.6 Å². The van der Waals surface area contributed by atoms with Crippen molar-refractivity contribution in [1.82, 2.24) is 15.2 Å². The number of carbonyl (C=O) groups excluding carboxylic acids is 1. The second-order valence-electron chi connectivity index (χ2n) is 6.35. The van der Waals surface area contributed by atoms with Crippen molar-refractivity contribution in [3.05, 3.63) is 29.5 Å². The van der Waals surface area contributed by atoms with Crippen LogP contribution in [0.15, 0.2) is 18.2 Å². The second kappa shape index (κ2) is 8.36. The Bertz CT molecular complexity index is 720. The van der Waals surface area contributed by atoms with Crippen molar-refractivity contribution in [3.8, 4) is 5.75 Å². The summed E-state index contributed by atoms with van der Waals surface area (Å²) < 4.78 is 11.1. The van der Waals surface area contributed by atoms with Gasteiger partial charge in [-0.3, -0.25) is 0 Å². The fourth-order valence-electron chi connectivity index (χ4n) is 3.27. The first-order valence-corrected chi connectivity index (χ1v) is 9.04. The van der Waals surface area contributed by atoms with Crippen LogP contribution in [0.25, 0.3) is 10.9 Å². The van der Waals surface area contributed by atoms with Gasteiger partial charge in [-0.25, -0.2) is 4.79 Å². The third kappa shape index (κ3) is 4.32. The number of H-pyrrole nitrogens is 1. The van der Waals surface area contributed by atoms with Crippen LogP contribution in [0.4, 0.5) is 0 Å². The van der Waals surface area contributed by atoms with Crippen molar-refractivity contribution in [2.75, 3.05) is 45.9 Å². The van der Waals surface area contributed by atoms with Gasteiger partial charge in [0.05, 0.1) is 18.8 Å². The lowest BCUT2D eigenvalue weighted by Crippen LogP contribution is -2.43. The minimum absolute atomic E-state index is 0.290. The van der Waals surface area contributed by atoms with E-state index in [1.54, 1.807) is 0 Å². The molecule has 0 saturated carbocycles. The van der Waals surface area contributed by atoms with Crippen LogP contribution in [-0.2, 0) is 4.74 Å². The van der Waals surface area contributed by atoms with Crippen LogP contribution >= 0.6 is 0 Å². The van der Waals surface area contributed by atoms with E-state index >= 15 is 0 Å². The van der Waals surface area contributed by atoms with Gasteiger partial charge in [0.25, 0.3) is 0 Å². The van der Waals surface area contributed by atoms with E-state index in [1.807, 2.05) is 32.0 Å². The first-order valence-electron chi connectivity index (χ1n) is 9.04. The standard InChI is InChI=1S/C19H27N3O3/c1-3-24-19(23)18-14(2)21-17-6-5-15(13-16(17)18)25-12-4-9-22-10-7-20-8-11-22/h5-6,13,20-21H,3-4,7-12H2,1-2H3. The molecule has 2 heterocycles. The van der Waals surface area contributed by atoms with Gasteiger partial charge in [-0.15, -0.1) is 0 Å². The number of esters is 1. The number of nitrogens with one attached hydrogen (secondary N) is 2. The predicted molar refractivity (Wildman–Crippen MR) is 98.4 cm³/mol. The second-order valence-corrected chi connectivity index (χ2v) is 6.35. The fraction of sp³-hybridized carbons (Fsp3) is 0.526. The Morgan fingerprint density at radius 2 is 2.08 bits per heavy atom. The summed E-state index contributed by atoms with van der Waals surface area (Å²) in [6.45, 7) is 10.2. The van der Waals surface area contributed by atoms with Gasteiger partial charge in [-0.1, -0.05) is 0 Å². The normalized spacial score (nSPS) is 15.4. The van der Waals surface area contributed by atoms with E-state index in [0.717, 1.165) is 61.5 Å². The van der Waals surface area contributed by atoms with Gasteiger partial charge in [-0.2, -0.15) is 0 Å². The van der Waals surface area contributed by atoms with Crippen LogP contribution in [0.5, 0.6) is 5.75 Å². The van der Waals surface area contributed by atoms with E-state index in [9.17, 15) is 4.79 Å².